The summed E-state index contributed by atoms with van der Waals surface area (Å²) in [5, 5.41) is 18.7. The third-order valence-corrected chi connectivity index (χ3v) is 8.04. The zero-order chi connectivity index (χ0) is 28.5. The van der Waals surface area contributed by atoms with Crippen LogP contribution in [0.25, 0.3) is 32.9 Å². The highest BCUT2D eigenvalue weighted by Gasteiger charge is 2.41. The Morgan fingerprint density at radius 3 is 1.74 bits per heavy atom. The molecule has 0 aliphatic heterocycles. The fraction of sp³-hybridized carbons (Fsp3) is 0.0526. The van der Waals surface area contributed by atoms with Gasteiger partial charge in [-0.1, -0.05) is 127 Å². The van der Waals surface area contributed by atoms with Crippen LogP contribution < -0.4 is 4.74 Å². The number of rotatable bonds is 6. The first-order chi connectivity index (χ1) is 20.7. The van der Waals surface area contributed by atoms with Crippen LogP contribution in [0.5, 0.6) is 5.75 Å². The van der Waals surface area contributed by atoms with Crippen molar-refractivity contribution in [1.29, 1.82) is 5.26 Å². The van der Waals surface area contributed by atoms with Crippen LogP contribution in [0.1, 0.15) is 22.3 Å². The summed E-state index contributed by atoms with van der Waals surface area (Å²) in [5.41, 5.74) is 5.51. The second kappa shape index (κ2) is 10.4. The minimum absolute atomic E-state index is 0.469. The molecule has 1 aromatic heterocycles. The monoisotopic (exact) mass is 541 g/mol. The molecule has 0 fully saturated rings. The average molecular weight is 542 g/mol. The summed E-state index contributed by atoms with van der Waals surface area (Å²) in [4.78, 5) is 0. The molecule has 4 heteroatoms. The van der Waals surface area contributed by atoms with Gasteiger partial charge in [0.2, 0.25) is 0 Å². The van der Waals surface area contributed by atoms with Gasteiger partial charge in [0, 0.05) is 17.0 Å². The number of fused-ring (bicyclic) bond motifs is 2. The van der Waals surface area contributed by atoms with E-state index < -0.39 is 5.54 Å². The lowest BCUT2D eigenvalue weighted by molar-refractivity contribution is 0.413. The quantitative estimate of drug-likeness (QED) is 0.198. The second-order valence-electron chi connectivity index (χ2n) is 10.3. The number of nitrogens with zero attached hydrogens (tertiary/aromatic N) is 3. The maximum Gasteiger partial charge on any atom is 0.138 e. The van der Waals surface area contributed by atoms with Crippen molar-refractivity contribution in [2.45, 2.75) is 5.54 Å². The van der Waals surface area contributed by atoms with Gasteiger partial charge in [-0.3, -0.25) is 0 Å². The number of hydrogen-bond donors (Lipinski definition) is 0. The van der Waals surface area contributed by atoms with Crippen molar-refractivity contribution >= 4 is 21.7 Å². The van der Waals surface area contributed by atoms with Crippen molar-refractivity contribution in [2.24, 2.45) is 0 Å². The fourth-order valence-electron chi connectivity index (χ4n) is 6.11. The number of nitriles is 1. The standard InChI is InChI=1S/C38H27N3O/c1-42-36-25-35-34(24-30(36)26-39)37(29-22-21-27-13-11-12-14-28(27)23-29)40-41(35)38(31-15-5-2-6-16-31,32-17-7-3-8-18-32)33-19-9-4-10-20-33/h2-25H,1H3. The normalized spacial score (nSPS) is 11.4. The van der Waals surface area contributed by atoms with Crippen LogP contribution in [-0.2, 0) is 5.54 Å². The first-order valence-corrected chi connectivity index (χ1v) is 13.9. The van der Waals surface area contributed by atoms with E-state index in [1.165, 1.54) is 0 Å². The Kier molecular flexibility index (Phi) is 6.26. The molecule has 0 aliphatic carbocycles. The molecule has 0 aliphatic rings. The Morgan fingerprint density at radius 2 is 1.19 bits per heavy atom. The summed E-state index contributed by atoms with van der Waals surface area (Å²) in [6.07, 6.45) is 0. The Labute approximate surface area is 244 Å². The third-order valence-electron chi connectivity index (χ3n) is 8.04. The summed E-state index contributed by atoms with van der Waals surface area (Å²) in [5.74, 6) is 0.513. The summed E-state index contributed by atoms with van der Waals surface area (Å²) in [6.45, 7) is 0. The van der Waals surface area contributed by atoms with Crippen LogP contribution in [0, 0.1) is 11.3 Å². The van der Waals surface area contributed by atoms with Crippen molar-refractivity contribution in [1.82, 2.24) is 9.78 Å². The van der Waals surface area contributed by atoms with E-state index in [2.05, 4.69) is 114 Å². The van der Waals surface area contributed by atoms with Gasteiger partial charge in [0.25, 0.3) is 0 Å². The van der Waals surface area contributed by atoms with Gasteiger partial charge in [-0.05, 0) is 39.6 Å². The van der Waals surface area contributed by atoms with Crippen molar-refractivity contribution in [3.05, 3.63) is 168 Å². The molecule has 42 heavy (non-hydrogen) atoms. The molecule has 7 aromatic rings. The average Bonchev–Trinajstić information content (AvgIpc) is 3.44. The van der Waals surface area contributed by atoms with Gasteiger partial charge < -0.3 is 4.74 Å². The second-order valence-corrected chi connectivity index (χ2v) is 10.3. The largest absolute Gasteiger partial charge is 0.495 e. The summed E-state index contributed by atoms with van der Waals surface area (Å²) >= 11 is 0. The van der Waals surface area contributed by atoms with Crippen LogP contribution in [0.15, 0.2) is 146 Å². The molecule has 0 amide bonds. The maximum atomic E-state index is 10.1. The van der Waals surface area contributed by atoms with Gasteiger partial charge in [0.1, 0.15) is 23.1 Å². The Bertz CT molecular complexity index is 1980. The molecular formula is C38H27N3O. The van der Waals surface area contributed by atoms with E-state index >= 15 is 0 Å². The number of methoxy groups -OCH3 is 1. The molecule has 0 N–H and O–H groups in total. The molecule has 6 aromatic carbocycles. The molecule has 0 saturated carbocycles. The lowest BCUT2D eigenvalue weighted by Gasteiger charge is -2.37. The van der Waals surface area contributed by atoms with Crippen molar-refractivity contribution in [2.75, 3.05) is 7.11 Å². The van der Waals surface area contributed by atoms with Gasteiger partial charge in [0.05, 0.1) is 18.2 Å². The highest BCUT2D eigenvalue weighted by molar-refractivity contribution is 5.98. The van der Waals surface area contributed by atoms with Crippen LogP contribution in [0.4, 0.5) is 0 Å². The van der Waals surface area contributed by atoms with Crippen molar-refractivity contribution in [3.8, 4) is 23.1 Å². The summed E-state index contributed by atoms with van der Waals surface area (Å²) in [7, 11) is 1.60. The zero-order valence-electron chi connectivity index (χ0n) is 23.1. The van der Waals surface area contributed by atoms with E-state index in [9.17, 15) is 5.26 Å². The SMILES string of the molecule is COc1cc2c(cc1C#N)c(-c1ccc3ccccc3c1)nn2C(c1ccccc1)(c1ccccc1)c1ccccc1. The molecule has 1 heterocycles. The number of hydrogen-bond acceptors (Lipinski definition) is 3. The number of benzene rings is 6. The first kappa shape index (κ1) is 25.3. The van der Waals surface area contributed by atoms with Gasteiger partial charge in [-0.25, -0.2) is 4.68 Å². The van der Waals surface area contributed by atoms with Crippen LogP contribution in [0.2, 0.25) is 0 Å². The predicted octanol–water partition coefficient (Wildman–Crippen LogP) is 8.58. The van der Waals surface area contributed by atoms with Crippen molar-refractivity contribution in [3.63, 3.8) is 0 Å². The summed E-state index contributed by atoms with van der Waals surface area (Å²) in [6, 6.07) is 52.4. The molecular weight excluding hydrogens is 514 g/mol. The molecule has 0 radical (unpaired) electrons. The number of aromatic nitrogens is 2. The highest BCUT2D eigenvalue weighted by Crippen LogP contribution is 2.45. The van der Waals surface area contributed by atoms with E-state index in [-0.39, 0.29) is 0 Å². The molecule has 0 atom stereocenters. The van der Waals surface area contributed by atoms with Crippen LogP contribution in [-0.4, -0.2) is 16.9 Å². The van der Waals surface area contributed by atoms with Crippen LogP contribution in [0.3, 0.4) is 0 Å². The third kappa shape index (κ3) is 3.95. The number of ether oxygens (including phenoxy) is 1. The van der Waals surface area contributed by atoms with Gasteiger partial charge in [-0.15, -0.1) is 0 Å². The molecule has 0 bridgehead atoms. The van der Waals surface area contributed by atoms with E-state index in [0.717, 1.165) is 49.6 Å². The minimum Gasteiger partial charge on any atom is -0.495 e. The molecule has 200 valence electrons. The Balaban J connectivity index is 1.66. The molecule has 7 rings (SSSR count). The lowest BCUT2D eigenvalue weighted by atomic mass is 9.77. The topological polar surface area (TPSA) is 50.8 Å². The Morgan fingerprint density at radius 1 is 0.643 bits per heavy atom. The van der Waals surface area contributed by atoms with Crippen molar-refractivity contribution < 1.29 is 4.74 Å². The molecule has 0 spiro atoms. The fourth-order valence-corrected chi connectivity index (χ4v) is 6.11. The molecule has 0 unspecified atom stereocenters. The smallest absolute Gasteiger partial charge is 0.138 e. The highest BCUT2D eigenvalue weighted by atomic mass is 16.5. The molecule has 4 nitrogen and oxygen atoms in total. The van der Waals surface area contributed by atoms with Crippen LogP contribution >= 0.6 is 0 Å². The Hall–Kier alpha value is -5.66. The molecule has 0 saturated heterocycles. The predicted molar refractivity (Wildman–Crippen MR) is 169 cm³/mol. The summed E-state index contributed by atoms with van der Waals surface area (Å²) < 4.78 is 7.86. The first-order valence-electron chi connectivity index (χ1n) is 13.9. The van der Waals surface area contributed by atoms with Gasteiger partial charge in [-0.2, -0.15) is 10.4 Å². The zero-order valence-corrected chi connectivity index (χ0v) is 23.1. The van der Waals surface area contributed by atoms with Gasteiger partial charge >= 0.3 is 0 Å². The van der Waals surface area contributed by atoms with E-state index in [1.54, 1.807) is 7.11 Å². The lowest BCUT2D eigenvalue weighted by Crippen LogP contribution is -2.38. The van der Waals surface area contributed by atoms with Gasteiger partial charge in [0.15, 0.2) is 0 Å². The van der Waals surface area contributed by atoms with E-state index in [0.29, 0.717) is 11.3 Å². The minimum atomic E-state index is -0.823. The van der Waals surface area contributed by atoms with E-state index in [1.807, 2.05) is 42.5 Å². The maximum absolute atomic E-state index is 10.1. The van der Waals surface area contributed by atoms with E-state index in [4.69, 9.17) is 9.84 Å².